The van der Waals surface area contributed by atoms with Crippen LogP contribution in [0.15, 0.2) is 11.8 Å². The number of nitrogens with zero attached hydrogens (tertiary/aromatic N) is 2. The van der Waals surface area contributed by atoms with Crippen molar-refractivity contribution in [3.05, 3.63) is 22.3 Å². The Hall–Kier alpha value is -1.34. The predicted molar refractivity (Wildman–Crippen MR) is 43.1 cm³/mol. The summed E-state index contributed by atoms with van der Waals surface area (Å²) in [6.07, 6.45) is 0.806. The van der Waals surface area contributed by atoms with Gasteiger partial charge in [-0.05, 0) is 6.92 Å². The number of hydrogen-bond acceptors (Lipinski definition) is 4. The summed E-state index contributed by atoms with van der Waals surface area (Å²) in [6, 6.07) is 1.88. The molecule has 0 fully saturated rings. The molecular weight excluding hydrogens is 160 g/mol. The van der Waals surface area contributed by atoms with E-state index >= 15 is 0 Å². The maximum Gasteiger partial charge on any atom is 0.105 e. The van der Waals surface area contributed by atoms with Gasteiger partial charge in [-0.25, -0.2) is 4.98 Å². The largest absolute Gasteiger partial charge is 0.514 e. The number of aromatic nitrogens is 1. The average Bonchev–Trinajstić information content (AvgIpc) is 2.40. The summed E-state index contributed by atoms with van der Waals surface area (Å²) in [4.78, 5) is 4.68. The van der Waals surface area contributed by atoms with Crippen molar-refractivity contribution in [1.82, 2.24) is 4.98 Å². The maximum absolute atomic E-state index is 8.62. The molecule has 0 bridgehead atoms. The van der Waals surface area contributed by atoms with Crippen molar-refractivity contribution >= 4 is 16.9 Å². The van der Waals surface area contributed by atoms with Crippen LogP contribution in [-0.2, 0) is 0 Å². The van der Waals surface area contributed by atoms with E-state index in [4.69, 9.17) is 10.4 Å². The molecule has 56 valence electrons. The van der Waals surface area contributed by atoms with Gasteiger partial charge in [0.2, 0.25) is 0 Å². The maximum atomic E-state index is 8.62. The first kappa shape index (κ1) is 7.76. The standard InChI is InChI=1S/C7H6N2OS/c1-5-7(11-4-9-5)6(2-8)3-10/h3-4,10H,1H3/b6-3+. The molecule has 11 heavy (non-hydrogen) atoms. The molecule has 0 aliphatic heterocycles. The van der Waals surface area contributed by atoms with Gasteiger partial charge in [0.05, 0.1) is 22.3 Å². The Bertz CT molecular complexity index is 321. The third-order valence-electron chi connectivity index (χ3n) is 1.24. The van der Waals surface area contributed by atoms with E-state index in [0.717, 1.165) is 16.8 Å². The summed E-state index contributed by atoms with van der Waals surface area (Å²) in [7, 11) is 0. The summed E-state index contributed by atoms with van der Waals surface area (Å²) in [5.41, 5.74) is 2.69. The zero-order chi connectivity index (χ0) is 8.27. The topological polar surface area (TPSA) is 56.9 Å². The molecule has 0 aromatic carbocycles. The van der Waals surface area contributed by atoms with Crippen molar-refractivity contribution in [1.29, 1.82) is 5.26 Å². The molecule has 0 saturated carbocycles. The quantitative estimate of drug-likeness (QED) is 0.511. The van der Waals surface area contributed by atoms with E-state index in [1.54, 1.807) is 12.4 Å². The molecule has 4 heteroatoms. The molecule has 1 aromatic heterocycles. The third-order valence-corrected chi connectivity index (χ3v) is 2.20. The van der Waals surface area contributed by atoms with E-state index in [0.29, 0.717) is 0 Å². The van der Waals surface area contributed by atoms with Crippen molar-refractivity contribution in [2.24, 2.45) is 0 Å². The lowest BCUT2D eigenvalue weighted by Gasteiger charge is -1.90. The fourth-order valence-electron chi connectivity index (χ4n) is 0.699. The Kier molecular flexibility index (Phi) is 2.24. The Morgan fingerprint density at radius 1 is 1.91 bits per heavy atom. The van der Waals surface area contributed by atoms with Gasteiger partial charge >= 0.3 is 0 Å². The van der Waals surface area contributed by atoms with Crippen LogP contribution in [-0.4, -0.2) is 10.1 Å². The number of aryl methyl sites for hydroxylation is 1. The number of aliphatic hydroxyl groups excluding tert-OH is 1. The molecule has 1 aromatic rings. The summed E-state index contributed by atoms with van der Waals surface area (Å²) in [6.45, 7) is 1.80. The van der Waals surface area contributed by atoms with Crippen molar-refractivity contribution in [2.45, 2.75) is 6.92 Å². The highest BCUT2D eigenvalue weighted by Gasteiger charge is 2.06. The average molecular weight is 166 g/mol. The van der Waals surface area contributed by atoms with Gasteiger partial charge in [0.25, 0.3) is 0 Å². The first-order valence-electron chi connectivity index (χ1n) is 2.94. The van der Waals surface area contributed by atoms with Crippen LogP contribution in [0.3, 0.4) is 0 Å². The van der Waals surface area contributed by atoms with Crippen molar-refractivity contribution < 1.29 is 5.11 Å². The van der Waals surface area contributed by atoms with Crippen molar-refractivity contribution in [3.63, 3.8) is 0 Å². The zero-order valence-electron chi connectivity index (χ0n) is 5.90. The van der Waals surface area contributed by atoms with Gasteiger partial charge in [0.15, 0.2) is 0 Å². The fraction of sp³-hybridized carbons (Fsp3) is 0.143. The predicted octanol–water partition coefficient (Wildman–Crippen LogP) is 1.87. The second-order valence-electron chi connectivity index (χ2n) is 1.92. The third kappa shape index (κ3) is 1.38. The highest BCUT2D eigenvalue weighted by molar-refractivity contribution is 7.11. The van der Waals surface area contributed by atoms with Crippen molar-refractivity contribution in [3.8, 4) is 6.07 Å². The molecule has 3 nitrogen and oxygen atoms in total. The Morgan fingerprint density at radius 2 is 2.64 bits per heavy atom. The number of rotatable bonds is 1. The summed E-state index contributed by atoms with van der Waals surface area (Å²) >= 11 is 1.34. The van der Waals surface area contributed by atoms with Crippen LogP contribution in [0.5, 0.6) is 0 Å². The molecule has 0 unspecified atom stereocenters. The molecule has 0 amide bonds. The minimum Gasteiger partial charge on any atom is -0.514 e. The molecule has 0 saturated heterocycles. The highest BCUT2D eigenvalue weighted by Crippen LogP contribution is 2.21. The van der Waals surface area contributed by atoms with Crippen LogP contribution in [0.1, 0.15) is 10.6 Å². The van der Waals surface area contributed by atoms with Gasteiger partial charge < -0.3 is 5.11 Å². The lowest BCUT2D eigenvalue weighted by atomic mass is 10.2. The smallest absolute Gasteiger partial charge is 0.105 e. The summed E-state index contributed by atoms with van der Waals surface area (Å²) in [5, 5.41) is 17.1. The first-order valence-corrected chi connectivity index (χ1v) is 3.82. The Morgan fingerprint density at radius 3 is 3.00 bits per heavy atom. The number of aliphatic hydroxyl groups is 1. The number of hydrogen-bond donors (Lipinski definition) is 1. The van der Waals surface area contributed by atoms with Crippen LogP contribution >= 0.6 is 11.3 Å². The fourth-order valence-corrected chi connectivity index (χ4v) is 1.46. The lowest BCUT2D eigenvalue weighted by molar-refractivity contribution is 0.476. The van der Waals surface area contributed by atoms with Crippen molar-refractivity contribution in [2.75, 3.05) is 0 Å². The van der Waals surface area contributed by atoms with Gasteiger partial charge in [0.1, 0.15) is 11.6 Å². The molecule has 0 aliphatic rings. The van der Waals surface area contributed by atoms with E-state index in [1.165, 1.54) is 11.3 Å². The molecule has 1 N–H and O–H groups in total. The SMILES string of the molecule is Cc1ncsc1/C(C#N)=C/O. The van der Waals surface area contributed by atoms with Crippen LogP contribution in [0.25, 0.3) is 5.57 Å². The summed E-state index contributed by atoms with van der Waals surface area (Å²) in [5.74, 6) is 0. The Balaban J connectivity index is 3.13. The zero-order valence-corrected chi connectivity index (χ0v) is 6.72. The van der Waals surface area contributed by atoms with E-state index in [2.05, 4.69) is 4.98 Å². The van der Waals surface area contributed by atoms with Gasteiger partial charge in [-0.2, -0.15) is 5.26 Å². The van der Waals surface area contributed by atoms with E-state index in [9.17, 15) is 0 Å². The van der Waals surface area contributed by atoms with Gasteiger partial charge in [0, 0.05) is 0 Å². The van der Waals surface area contributed by atoms with E-state index < -0.39 is 0 Å². The molecule has 0 atom stereocenters. The molecule has 0 spiro atoms. The van der Waals surface area contributed by atoms with E-state index in [1.807, 2.05) is 6.07 Å². The lowest BCUT2D eigenvalue weighted by Crippen LogP contribution is -1.80. The second-order valence-corrected chi connectivity index (χ2v) is 2.78. The van der Waals surface area contributed by atoms with Gasteiger partial charge in [-0.1, -0.05) is 0 Å². The molecule has 1 rings (SSSR count). The monoisotopic (exact) mass is 166 g/mol. The Labute approximate surface area is 68.2 Å². The van der Waals surface area contributed by atoms with E-state index in [-0.39, 0.29) is 5.57 Å². The second kappa shape index (κ2) is 3.17. The summed E-state index contributed by atoms with van der Waals surface area (Å²) < 4.78 is 0. The number of allylic oxidation sites excluding steroid dienone is 1. The highest BCUT2D eigenvalue weighted by atomic mass is 32.1. The van der Waals surface area contributed by atoms with Crippen LogP contribution in [0.2, 0.25) is 0 Å². The first-order chi connectivity index (χ1) is 5.29. The normalized spacial score (nSPS) is 11.1. The molecule has 1 heterocycles. The molecule has 0 radical (unpaired) electrons. The minimum atomic E-state index is 0.269. The van der Waals surface area contributed by atoms with Crippen LogP contribution in [0, 0.1) is 18.3 Å². The number of nitriles is 1. The van der Waals surface area contributed by atoms with Crippen LogP contribution in [0.4, 0.5) is 0 Å². The van der Waals surface area contributed by atoms with Crippen LogP contribution < -0.4 is 0 Å². The number of thiazole rings is 1. The van der Waals surface area contributed by atoms with Gasteiger partial charge in [-0.3, -0.25) is 0 Å². The molecule has 0 aliphatic carbocycles. The molecular formula is C7H6N2OS. The minimum absolute atomic E-state index is 0.269. The van der Waals surface area contributed by atoms with Gasteiger partial charge in [-0.15, -0.1) is 11.3 Å².